The van der Waals surface area contributed by atoms with Gasteiger partial charge in [-0.25, -0.2) is 0 Å². The minimum Gasteiger partial charge on any atom is -0.0808 e. The summed E-state index contributed by atoms with van der Waals surface area (Å²) in [5.74, 6) is 2.85. The lowest BCUT2D eigenvalue weighted by molar-refractivity contribution is 0.834. The van der Waals surface area contributed by atoms with Gasteiger partial charge in [-0.1, -0.05) is 156 Å². The first-order valence-electron chi connectivity index (χ1n) is 16.6. The quantitative estimate of drug-likeness (QED) is 0.166. The van der Waals surface area contributed by atoms with E-state index in [1.807, 2.05) is 0 Å². The Hall–Kier alpha value is -2.64. The molecule has 0 amide bonds. The summed E-state index contributed by atoms with van der Waals surface area (Å²) < 4.78 is 0. The molecule has 3 aromatic rings. The van der Waals surface area contributed by atoms with E-state index in [-0.39, 0.29) is 0 Å². The molecule has 0 aliphatic heterocycles. The van der Waals surface area contributed by atoms with Crippen LogP contribution in [-0.2, 0) is 0 Å². The Morgan fingerprint density at radius 2 is 0.667 bits per heavy atom. The first kappa shape index (κ1) is 32.3. The van der Waals surface area contributed by atoms with E-state index >= 15 is 0 Å². The van der Waals surface area contributed by atoms with Crippen LogP contribution >= 0.6 is 0 Å². The third-order valence-corrected chi connectivity index (χ3v) is 14.1. The summed E-state index contributed by atoms with van der Waals surface area (Å²) >= 11 is 0. The second-order valence-electron chi connectivity index (χ2n) is 14.6. The summed E-state index contributed by atoms with van der Waals surface area (Å²) in [6.45, 7) is 28.3. The standard InChI is InChI=1S/C41H56Si/c1-26(2)32-17-33(27(3)4)21-39(20-32)42(38-15-13-14-16-38,40-22-34(28(5)6)18-35(23-40)29(7)8)41-24-36(30(9)10)19-37(25-41)31(11)12/h13,15-31H,14H2,1-12H3. The molecule has 0 saturated heterocycles. The second kappa shape index (κ2) is 12.9. The van der Waals surface area contributed by atoms with Crippen molar-refractivity contribution in [1.82, 2.24) is 0 Å². The fourth-order valence-corrected chi connectivity index (χ4v) is 11.5. The zero-order valence-corrected chi connectivity index (χ0v) is 29.6. The summed E-state index contributed by atoms with van der Waals surface area (Å²) in [6.07, 6.45) is 8.44. The molecule has 0 heterocycles. The summed E-state index contributed by atoms with van der Waals surface area (Å²) in [5.41, 5.74) is 8.77. The molecule has 0 N–H and O–H groups in total. The highest BCUT2D eigenvalue weighted by Gasteiger charge is 2.44. The van der Waals surface area contributed by atoms with Crippen LogP contribution in [-0.4, -0.2) is 8.07 Å². The van der Waals surface area contributed by atoms with E-state index in [4.69, 9.17) is 0 Å². The number of allylic oxidation sites excluding steroid dienone is 4. The van der Waals surface area contributed by atoms with Gasteiger partial charge in [-0.2, -0.15) is 0 Å². The predicted molar refractivity (Wildman–Crippen MR) is 190 cm³/mol. The molecule has 42 heavy (non-hydrogen) atoms. The van der Waals surface area contributed by atoms with E-state index in [9.17, 15) is 0 Å². The number of rotatable bonds is 10. The summed E-state index contributed by atoms with van der Waals surface area (Å²) in [5, 5.41) is 6.17. The Labute approximate surface area is 259 Å². The van der Waals surface area contributed by atoms with E-state index in [1.54, 1.807) is 20.8 Å². The third kappa shape index (κ3) is 6.33. The minimum absolute atomic E-state index is 0.476. The Balaban J connectivity index is 2.29. The Bertz CT molecular complexity index is 1230. The molecule has 0 aromatic heterocycles. The molecule has 1 heteroatoms. The molecule has 1 aliphatic rings. The lowest BCUT2D eigenvalue weighted by Crippen LogP contribution is -2.69. The first-order valence-corrected chi connectivity index (χ1v) is 18.6. The average Bonchev–Trinajstić information content (AvgIpc) is 3.48. The average molecular weight is 577 g/mol. The summed E-state index contributed by atoms with van der Waals surface area (Å²) in [6, 6.07) is 23.0. The van der Waals surface area contributed by atoms with Crippen LogP contribution in [0.15, 0.2) is 78.0 Å². The normalized spacial score (nSPS) is 14.0. The molecule has 3 aromatic carbocycles. The lowest BCUT2D eigenvalue weighted by Gasteiger charge is -2.37. The number of benzene rings is 3. The number of hydrogen-bond acceptors (Lipinski definition) is 0. The van der Waals surface area contributed by atoms with E-state index < -0.39 is 8.07 Å². The van der Waals surface area contributed by atoms with Gasteiger partial charge in [-0.3, -0.25) is 0 Å². The van der Waals surface area contributed by atoms with Crippen molar-refractivity contribution in [1.29, 1.82) is 0 Å². The molecule has 0 saturated carbocycles. The van der Waals surface area contributed by atoms with E-state index in [0.29, 0.717) is 35.5 Å². The van der Waals surface area contributed by atoms with Crippen LogP contribution in [0.5, 0.6) is 0 Å². The van der Waals surface area contributed by atoms with Crippen molar-refractivity contribution >= 4 is 23.6 Å². The molecule has 0 atom stereocenters. The maximum absolute atomic E-state index is 2.68. The molecule has 1 aliphatic carbocycles. The third-order valence-electron chi connectivity index (χ3n) is 9.44. The fraction of sp³-hybridized carbons (Fsp3) is 0.463. The molecular weight excluding hydrogens is 521 g/mol. The van der Waals surface area contributed by atoms with Gasteiger partial charge < -0.3 is 0 Å². The van der Waals surface area contributed by atoms with Crippen LogP contribution in [0.25, 0.3) is 0 Å². The first-order chi connectivity index (χ1) is 19.7. The van der Waals surface area contributed by atoms with E-state index in [1.165, 1.54) is 33.4 Å². The van der Waals surface area contributed by atoms with Crippen LogP contribution in [0.4, 0.5) is 0 Å². The van der Waals surface area contributed by atoms with Crippen LogP contribution < -0.4 is 15.6 Å². The topological polar surface area (TPSA) is 0 Å². The molecule has 224 valence electrons. The highest BCUT2D eigenvalue weighted by atomic mass is 28.3. The zero-order chi connectivity index (χ0) is 30.9. The SMILES string of the molecule is CC(C)c1cc(C(C)C)cc([Si](C2=CCC=C2)(c2cc(C(C)C)cc(C(C)C)c2)c2cc(C(C)C)cc(C(C)C)c2)c1. The fourth-order valence-electron chi connectivity index (χ4n) is 6.42. The van der Waals surface area contributed by atoms with Gasteiger partial charge in [-0.15, -0.1) is 0 Å². The van der Waals surface area contributed by atoms with Gasteiger partial charge in [-0.05, 0) is 96.1 Å². The van der Waals surface area contributed by atoms with Crippen molar-refractivity contribution in [3.8, 4) is 0 Å². The molecule has 0 radical (unpaired) electrons. The minimum atomic E-state index is -2.68. The monoisotopic (exact) mass is 576 g/mol. The van der Waals surface area contributed by atoms with Crippen LogP contribution in [0.1, 0.15) is 158 Å². The van der Waals surface area contributed by atoms with Crippen molar-refractivity contribution in [3.63, 3.8) is 0 Å². The molecular formula is C41H56Si. The number of hydrogen-bond donors (Lipinski definition) is 0. The Kier molecular flexibility index (Phi) is 9.93. The molecule has 0 fully saturated rings. The summed E-state index contributed by atoms with van der Waals surface area (Å²) in [4.78, 5) is 0. The predicted octanol–water partition coefficient (Wildman–Crippen LogP) is 10.3. The van der Waals surface area contributed by atoms with E-state index in [0.717, 1.165) is 6.42 Å². The maximum Gasteiger partial charge on any atom is 0.179 e. The van der Waals surface area contributed by atoms with E-state index in [2.05, 4.69) is 156 Å². The summed E-state index contributed by atoms with van der Waals surface area (Å²) in [7, 11) is -2.68. The Morgan fingerprint density at radius 1 is 0.405 bits per heavy atom. The van der Waals surface area contributed by atoms with Gasteiger partial charge >= 0.3 is 0 Å². The van der Waals surface area contributed by atoms with Crippen molar-refractivity contribution in [2.75, 3.05) is 0 Å². The highest BCUT2D eigenvalue weighted by Crippen LogP contribution is 2.31. The highest BCUT2D eigenvalue weighted by molar-refractivity contribution is 7.16. The van der Waals surface area contributed by atoms with Crippen molar-refractivity contribution in [2.24, 2.45) is 0 Å². The van der Waals surface area contributed by atoms with Gasteiger partial charge in [0, 0.05) is 0 Å². The van der Waals surface area contributed by atoms with Crippen LogP contribution in [0.3, 0.4) is 0 Å². The molecule has 0 spiro atoms. The van der Waals surface area contributed by atoms with Gasteiger partial charge in [0.15, 0.2) is 8.07 Å². The van der Waals surface area contributed by atoms with Crippen molar-refractivity contribution in [2.45, 2.75) is 125 Å². The van der Waals surface area contributed by atoms with Crippen LogP contribution in [0.2, 0.25) is 0 Å². The molecule has 0 nitrogen and oxygen atoms in total. The second-order valence-corrected chi connectivity index (χ2v) is 18.5. The lowest BCUT2D eigenvalue weighted by atomic mass is 9.95. The van der Waals surface area contributed by atoms with Crippen molar-refractivity contribution in [3.05, 3.63) is 111 Å². The molecule has 4 rings (SSSR count). The van der Waals surface area contributed by atoms with Crippen molar-refractivity contribution < 1.29 is 0 Å². The van der Waals surface area contributed by atoms with Gasteiger partial charge in [0.05, 0.1) is 0 Å². The molecule has 0 bridgehead atoms. The smallest absolute Gasteiger partial charge is 0.0808 e. The largest absolute Gasteiger partial charge is 0.179 e. The van der Waals surface area contributed by atoms with Gasteiger partial charge in [0.1, 0.15) is 0 Å². The zero-order valence-electron chi connectivity index (χ0n) is 28.6. The van der Waals surface area contributed by atoms with Gasteiger partial charge in [0.2, 0.25) is 0 Å². The maximum atomic E-state index is 2.60. The molecule has 0 unspecified atom stereocenters. The van der Waals surface area contributed by atoms with Crippen LogP contribution in [0, 0.1) is 0 Å². The Morgan fingerprint density at radius 3 is 0.857 bits per heavy atom. The van der Waals surface area contributed by atoms with Gasteiger partial charge in [0.25, 0.3) is 0 Å².